The van der Waals surface area contributed by atoms with Crippen LogP contribution in [0.4, 0.5) is 0 Å². The van der Waals surface area contributed by atoms with Crippen molar-refractivity contribution in [2.24, 2.45) is 29.6 Å². The van der Waals surface area contributed by atoms with Gasteiger partial charge in [0.15, 0.2) is 6.10 Å². The summed E-state index contributed by atoms with van der Waals surface area (Å²) in [6.07, 6.45) is -0.108. The van der Waals surface area contributed by atoms with Gasteiger partial charge in [0.2, 0.25) is 0 Å². The monoisotopic (exact) mass is 403 g/mol. The van der Waals surface area contributed by atoms with Gasteiger partial charge in [-0.05, 0) is 11.8 Å². The molecule has 0 radical (unpaired) electrons. The van der Waals surface area contributed by atoms with Gasteiger partial charge < -0.3 is 23.8 Å². The van der Waals surface area contributed by atoms with Gasteiger partial charge in [0, 0.05) is 17.8 Å². The van der Waals surface area contributed by atoms with E-state index in [1.165, 1.54) is 0 Å². The fourth-order valence-corrected chi connectivity index (χ4v) is 4.56. The Morgan fingerprint density at radius 2 is 1.29 bits per heavy atom. The second-order valence-corrected chi connectivity index (χ2v) is 8.85. The molecule has 164 valence electrons. The summed E-state index contributed by atoms with van der Waals surface area (Å²) in [6, 6.07) is 0. The Morgan fingerprint density at radius 3 is 1.82 bits per heavy atom. The molecule has 4 rings (SSSR count). The van der Waals surface area contributed by atoms with Crippen LogP contribution in [-0.2, 0) is 23.8 Å². The van der Waals surface area contributed by atoms with Gasteiger partial charge in [0.25, 0.3) is 5.09 Å². The zero-order valence-electron chi connectivity index (χ0n) is 16.9. The van der Waals surface area contributed by atoms with Crippen molar-refractivity contribution in [3.05, 3.63) is 10.1 Å². The Hall–Kier alpha value is -0.960. The number of fused-ring (bicyclic) bond motifs is 2. The number of hydrogen-bond donors (Lipinski definition) is 0. The number of rotatable bonds is 4. The molecular weight excluding hydrogens is 366 g/mol. The Balaban J connectivity index is 0.000000198. The molecule has 4 fully saturated rings. The number of nitrogens with zero attached hydrogens (tertiary/aromatic N) is 1. The molecule has 4 saturated heterocycles. The summed E-state index contributed by atoms with van der Waals surface area (Å²) in [5, 5.41) is 9.46. The van der Waals surface area contributed by atoms with Crippen molar-refractivity contribution < 1.29 is 28.9 Å². The maximum Gasteiger partial charge on any atom is 0.294 e. The molecule has 0 N–H and O–H groups in total. The van der Waals surface area contributed by atoms with E-state index in [0.29, 0.717) is 48.4 Å². The van der Waals surface area contributed by atoms with E-state index in [9.17, 15) is 10.1 Å². The number of ether oxygens (including phenoxy) is 4. The van der Waals surface area contributed by atoms with Crippen molar-refractivity contribution in [1.82, 2.24) is 0 Å². The van der Waals surface area contributed by atoms with Crippen molar-refractivity contribution in [2.75, 3.05) is 26.4 Å². The summed E-state index contributed by atoms with van der Waals surface area (Å²) >= 11 is 0. The van der Waals surface area contributed by atoms with E-state index in [0.717, 1.165) is 13.2 Å². The topological polar surface area (TPSA) is 89.3 Å². The molecule has 0 aromatic heterocycles. The summed E-state index contributed by atoms with van der Waals surface area (Å²) in [6.45, 7) is 13.6. The van der Waals surface area contributed by atoms with Crippen LogP contribution in [-0.4, -0.2) is 62.0 Å². The summed E-state index contributed by atoms with van der Waals surface area (Å²) in [5.41, 5.74) is 0. The zero-order valence-corrected chi connectivity index (χ0v) is 16.9. The molecule has 0 bridgehead atoms. The average molecular weight is 404 g/mol. The van der Waals surface area contributed by atoms with Crippen molar-refractivity contribution in [2.45, 2.75) is 72.6 Å². The van der Waals surface area contributed by atoms with Gasteiger partial charge in [-0.15, -0.1) is 10.1 Å². The first-order valence-corrected chi connectivity index (χ1v) is 10.1. The molecule has 8 atom stereocenters. The van der Waals surface area contributed by atoms with Crippen LogP contribution in [0.3, 0.4) is 0 Å². The molecular formula is C20H37NO7. The van der Waals surface area contributed by atoms with Crippen LogP contribution in [0.15, 0.2) is 0 Å². The molecule has 8 nitrogen and oxygen atoms in total. The Bertz CT molecular complexity index is 515. The first kappa shape index (κ1) is 23.3. The van der Waals surface area contributed by atoms with Gasteiger partial charge in [0.1, 0.15) is 6.10 Å². The maximum atomic E-state index is 10.2. The fourth-order valence-electron chi connectivity index (χ4n) is 4.56. The third-order valence-corrected chi connectivity index (χ3v) is 6.32. The van der Waals surface area contributed by atoms with E-state index in [1.54, 1.807) is 0 Å². The van der Waals surface area contributed by atoms with Crippen molar-refractivity contribution in [1.29, 1.82) is 0 Å². The summed E-state index contributed by atoms with van der Waals surface area (Å²) in [4.78, 5) is 14.8. The molecule has 8 heteroatoms. The van der Waals surface area contributed by atoms with E-state index >= 15 is 0 Å². The lowest BCUT2D eigenvalue weighted by Crippen LogP contribution is -2.33. The minimum atomic E-state index is -0.775. The highest BCUT2D eigenvalue weighted by atomic mass is 17.0. The van der Waals surface area contributed by atoms with Crippen LogP contribution in [0.1, 0.15) is 42.0 Å². The van der Waals surface area contributed by atoms with Crippen LogP contribution in [0, 0.1) is 39.7 Å². The van der Waals surface area contributed by atoms with Crippen molar-refractivity contribution >= 4 is 0 Å². The molecule has 0 aliphatic carbocycles. The van der Waals surface area contributed by atoms with Crippen LogP contribution in [0.5, 0.6) is 0 Å². The minimum Gasteiger partial charge on any atom is -0.375 e. The van der Waals surface area contributed by atoms with Crippen LogP contribution < -0.4 is 0 Å². The maximum absolute atomic E-state index is 10.2. The van der Waals surface area contributed by atoms with E-state index < -0.39 is 11.2 Å². The second-order valence-electron chi connectivity index (χ2n) is 8.85. The van der Waals surface area contributed by atoms with E-state index in [2.05, 4.69) is 39.5 Å². The molecule has 0 aromatic carbocycles. The lowest BCUT2D eigenvalue weighted by Gasteiger charge is -2.19. The van der Waals surface area contributed by atoms with E-state index in [-0.39, 0.29) is 26.2 Å². The third-order valence-electron chi connectivity index (χ3n) is 6.32. The molecule has 4 aliphatic heterocycles. The van der Waals surface area contributed by atoms with Gasteiger partial charge in [-0.25, -0.2) is 0 Å². The highest BCUT2D eigenvalue weighted by Gasteiger charge is 2.50. The van der Waals surface area contributed by atoms with Gasteiger partial charge in [0.05, 0.1) is 44.7 Å². The third kappa shape index (κ3) is 4.78. The second kappa shape index (κ2) is 9.69. The number of hydrogen-bond acceptors (Lipinski definition) is 7. The predicted molar refractivity (Wildman–Crippen MR) is 103 cm³/mol. The van der Waals surface area contributed by atoms with Gasteiger partial charge >= 0.3 is 0 Å². The molecule has 28 heavy (non-hydrogen) atoms. The largest absolute Gasteiger partial charge is 0.375 e. The highest BCUT2D eigenvalue weighted by Crippen LogP contribution is 2.38. The summed E-state index contributed by atoms with van der Waals surface area (Å²) < 4.78 is 22.5. The van der Waals surface area contributed by atoms with Crippen LogP contribution in [0.25, 0.3) is 0 Å². The summed E-state index contributed by atoms with van der Waals surface area (Å²) in [5.74, 6) is 2.67. The van der Waals surface area contributed by atoms with Crippen molar-refractivity contribution in [3.63, 3.8) is 0 Å². The normalized spacial score (nSPS) is 41.2. The quantitative estimate of drug-likeness (QED) is 0.526. The van der Waals surface area contributed by atoms with E-state index in [1.807, 2.05) is 0 Å². The first-order chi connectivity index (χ1) is 12.8. The Kier molecular flexibility index (Phi) is 8.07. The first-order valence-electron chi connectivity index (χ1n) is 10.1. The molecule has 0 unspecified atom stereocenters. The van der Waals surface area contributed by atoms with Gasteiger partial charge in [-0.3, -0.25) is 0 Å². The average Bonchev–Trinajstić information content (AvgIpc) is 3.31. The molecule has 0 saturated carbocycles. The molecule has 0 aromatic rings. The Morgan fingerprint density at radius 1 is 0.821 bits per heavy atom. The fraction of sp³-hybridized carbons (Fsp3) is 1.00. The zero-order chi connectivity index (χ0) is 19.7. The minimum absolute atomic E-state index is 0. The lowest BCUT2D eigenvalue weighted by atomic mass is 9.89. The smallest absolute Gasteiger partial charge is 0.294 e. The molecule has 4 heterocycles. The lowest BCUT2D eigenvalue weighted by molar-refractivity contribution is -0.769. The van der Waals surface area contributed by atoms with E-state index in [4.69, 9.17) is 18.9 Å². The van der Waals surface area contributed by atoms with Crippen molar-refractivity contribution in [3.8, 4) is 0 Å². The highest BCUT2D eigenvalue weighted by molar-refractivity contribution is 4.95. The molecule has 4 aliphatic rings. The Labute approximate surface area is 168 Å². The van der Waals surface area contributed by atoms with Crippen LogP contribution >= 0.6 is 0 Å². The molecule has 0 amide bonds. The SMILES string of the molecule is C.CC(C)[C@@H]1CO[C@H]2[C@@H]1OC[C@H]2O[N+](=O)[O-].CC(C)[C@H]1CO[C@H]2[C@@H]1OC[C@@H]2C. The van der Waals surface area contributed by atoms with Crippen LogP contribution in [0.2, 0.25) is 0 Å². The predicted octanol–water partition coefficient (Wildman–Crippen LogP) is 2.96. The van der Waals surface area contributed by atoms with Gasteiger partial charge in [-0.2, -0.15) is 0 Å². The van der Waals surface area contributed by atoms with Gasteiger partial charge in [-0.1, -0.05) is 42.0 Å². The molecule has 0 spiro atoms. The standard InChI is InChI=1S/C10H18O2.C9H15NO5.CH4/c1-6(2)8-5-12-9-7(3)4-11-10(8)9;1-5(2)6-3-13-9-7(15-10(11)12)4-14-8(6)9;/h6-10H,4-5H2,1-3H3;5-9H,3-4H2,1-2H3;1H4/t7-,8+,9+,10+;6-,7+,8+,9+;/m00./s1. The summed E-state index contributed by atoms with van der Waals surface area (Å²) in [7, 11) is 0.